The van der Waals surface area contributed by atoms with E-state index in [-0.39, 0.29) is 0 Å². The van der Waals surface area contributed by atoms with Crippen molar-refractivity contribution < 1.29 is 0 Å². The number of thioether (sulfide) groups is 1. The van der Waals surface area contributed by atoms with Crippen molar-refractivity contribution >= 4 is 11.8 Å². The van der Waals surface area contributed by atoms with Gasteiger partial charge in [-0.1, -0.05) is 43.0 Å². The Morgan fingerprint density at radius 2 is 1.95 bits per heavy atom. The highest BCUT2D eigenvalue weighted by Gasteiger charge is 2.16. The molecule has 1 aliphatic rings. The lowest BCUT2D eigenvalue weighted by Crippen LogP contribution is -2.31. The fourth-order valence-electron chi connectivity index (χ4n) is 3.01. The molecule has 0 aromatic heterocycles. The monoisotopic (exact) mass is 291 g/mol. The molecule has 0 bridgehead atoms. The van der Waals surface area contributed by atoms with E-state index in [2.05, 4.69) is 56.2 Å². The standard InChI is InChI=1S/C18H29NS/c1-14-9-10-15(2)16(11-14)12-17(19-3)13-20-18-7-5-4-6-8-18/h9-11,17-19H,4-8,12-13H2,1-3H3. The zero-order chi connectivity index (χ0) is 14.4. The molecule has 1 fully saturated rings. The summed E-state index contributed by atoms with van der Waals surface area (Å²) in [6.07, 6.45) is 8.37. The summed E-state index contributed by atoms with van der Waals surface area (Å²) in [7, 11) is 2.11. The Morgan fingerprint density at radius 1 is 1.20 bits per heavy atom. The minimum Gasteiger partial charge on any atom is -0.316 e. The third kappa shape index (κ3) is 4.82. The van der Waals surface area contributed by atoms with Crippen LogP contribution in [0.2, 0.25) is 0 Å². The van der Waals surface area contributed by atoms with E-state index < -0.39 is 0 Å². The molecule has 1 atom stereocenters. The molecule has 0 aliphatic heterocycles. The van der Waals surface area contributed by atoms with Crippen molar-refractivity contribution in [2.24, 2.45) is 0 Å². The van der Waals surface area contributed by atoms with Gasteiger partial charge < -0.3 is 5.32 Å². The van der Waals surface area contributed by atoms with E-state index in [1.54, 1.807) is 0 Å². The Labute approximate surface area is 128 Å². The van der Waals surface area contributed by atoms with E-state index in [4.69, 9.17) is 0 Å². The number of aryl methyl sites for hydroxylation is 2. The summed E-state index contributed by atoms with van der Waals surface area (Å²) in [6, 6.07) is 7.42. The van der Waals surface area contributed by atoms with Crippen molar-refractivity contribution in [3.05, 3.63) is 34.9 Å². The first-order valence-electron chi connectivity index (χ1n) is 8.04. The van der Waals surface area contributed by atoms with Gasteiger partial charge in [-0.25, -0.2) is 0 Å². The van der Waals surface area contributed by atoms with Gasteiger partial charge in [0.15, 0.2) is 0 Å². The van der Waals surface area contributed by atoms with Gasteiger partial charge in [0.2, 0.25) is 0 Å². The Bertz CT molecular complexity index is 410. The minimum atomic E-state index is 0.599. The van der Waals surface area contributed by atoms with Gasteiger partial charge in [0, 0.05) is 17.0 Å². The lowest BCUT2D eigenvalue weighted by molar-refractivity contribution is 0.514. The molecule has 1 nitrogen and oxygen atoms in total. The number of likely N-dealkylation sites (N-methyl/N-ethyl adjacent to an activating group) is 1. The number of hydrogen-bond donors (Lipinski definition) is 1. The van der Waals surface area contributed by atoms with Crippen LogP contribution in [0.4, 0.5) is 0 Å². The highest BCUT2D eigenvalue weighted by Crippen LogP contribution is 2.29. The van der Waals surface area contributed by atoms with Crippen LogP contribution in [0.1, 0.15) is 48.8 Å². The molecule has 20 heavy (non-hydrogen) atoms. The third-order valence-electron chi connectivity index (χ3n) is 4.46. The molecule has 0 amide bonds. The quantitative estimate of drug-likeness (QED) is 0.828. The smallest absolute Gasteiger partial charge is 0.0195 e. The van der Waals surface area contributed by atoms with E-state index in [9.17, 15) is 0 Å². The number of rotatable bonds is 6. The van der Waals surface area contributed by atoms with E-state index in [0.717, 1.165) is 11.7 Å². The van der Waals surface area contributed by atoms with Crippen LogP contribution < -0.4 is 5.32 Å². The summed E-state index contributed by atoms with van der Waals surface area (Å²) in [5.41, 5.74) is 4.31. The van der Waals surface area contributed by atoms with Crippen LogP contribution in [0.25, 0.3) is 0 Å². The lowest BCUT2D eigenvalue weighted by Gasteiger charge is -2.24. The van der Waals surface area contributed by atoms with Crippen molar-refractivity contribution in [3.8, 4) is 0 Å². The van der Waals surface area contributed by atoms with Crippen molar-refractivity contribution in [3.63, 3.8) is 0 Å². The molecule has 1 aromatic rings. The fourth-order valence-corrected chi connectivity index (χ4v) is 4.47. The highest BCUT2D eigenvalue weighted by molar-refractivity contribution is 7.99. The second-order valence-electron chi connectivity index (χ2n) is 6.21. The normalized spacial score (nSPS) is 18.1. The molecule has 112 valence electrons. The molecule has 0 radical (unpaired) electrons. The summed E-state index contributed by atoms with van der Waals surface area (Å²) in [5, 5.41) is 4.43. The number of benzene rings is 1. The van der Waals surface area contributed by atoms with Gasteiger partial charge >= 0.3 is 0 Å². The van der Waals surface area contributed by atoms with Gasteiger partial charge in [-0.3, -0.25) is 0 Å². The number of nitrogens with one attached hydrogen (secondary N) is 1. The summed E-state index contributed by atoms with van der Waals surface area (Å²) >= 11 is 2.20. The molecule has 1 aliphatic carbocycles. The molecule has 1 unspecified atom stereocenters. The van der Waals surface area contributed by atoms with Crippen LogP contribution in [-0.2, 0) is 6.42 Å². The first-order valence-corrected chi connectivity index (χ1v) is 9.09. The van der Waals surface area contributed by atoms with Gasteiger partial charge in [0.25, 0.3) is 0 Å². The van der Waals surface area contributed by atoms with E-state index in [1.807, 2.05) is 0 Å². The minimum absolute atomic E-state index is 0.599. The summed E-state index contributed by atoms with van der Waals surface area (Å²) in [4.78, 5) is 0. The van der Waals surface area contributed by atoms with Crippen LogP contribution in [0.5, 0.6) is 0 Å². The van der Waals surface area contributed by atoms with Gasteiger partial charge in [0.1, 0.15) is 0 Å². The van der Waals surface area contributed by atoms with Gasteiger partial charge in [-0.05, 0) is 51.3 Å². The fraction of sp³-hybridized carbons (Fsp3) is 0.667. The molecule has 0 saturated heterocycles. The first kappa shape index (κ1) is 15.9. The molecule has 1 aromatic carbocycles. The molecule has 2 heteroatoms. The van der Waals surface area contributed by atoms with Crippen LogP contribution in [0, 0.1) is 13.8 Å². The van der Waals surface area contributed by atoms with Crippen molar-refractivity contribution in [2.45, 2.75) is 63.7 Å². The van der Waals surface area contributed by atoms with Gasteiger partial charge in [0.05, 0.1) is 0 Å². The molecule has 0 heterocycles. The van der Waals surface area contributed by atoms with Crippen LogP contribution in [0.15, 0.2) is 18.2 Å². The van der Waals surface area contributed by atoms with E-state index in [0.29, 0.717) is 6.04 Å². The van der Waals surface area contributed by atoms with E-state index >= 15 is 0 Å². The lowest BCUT2D eigenvalue weighted by atomic mass is 10.00. The average molecular weight is 292 g/mol. The molecular weight excluding hydrogens is 262 g/mol. The first-order chi connectivity index (χ1) is 9.69. The molecular formula is C18H29NS. The highest BCUT2D eigenvalue weighted by atomic mass is 32.2. The zero-order valence-electron chi connectivity index (χ0n) is 13.2. The molecule has 1 saturated carbocycles. The van der Waals surface area contributed by atoms with Crippen molar-refractivity contribution in [1.82, 2.24) is 5.32 Å². The molecule has 2 rings (SSSR count). The van der Waals surface area contributed by atoms with Crippen LogP contribution >= 0.6 is 11.8 Å². The second kappa shape index (κ2) is 8.09. The molecule has 1 N–H and O–H groups in total. The maximum absolute atomic E-state index is 3.52. The van der Waals surface area contributed by atoms with E-state index in [1.165, 1.54) is 54.5 Å². The zero-order valence-corrected chi connectivity index (χ0v) is 14.1. The van der Waals surface area contributed by atoms with Crippen molar-refractivity contribution in [2.75, 3.05) is 12.8 Å². The Kier molecular flexibility index (Phi) is 6.44. The van der Waals surface area contributed by atoms with Crippen LogP contribution in [0.3, 0.4) is 0 Å². The Morgan fingerprint density at radius 3 is 2.65 bits per heavy atom. The van der Waals surface area contributed by atoms with Gasteiger partial charge in [-0.2, -0.15) is 11.8 Å². The summed E-state index contributed by atoms with van der Waals surface area (Å²) < 4.78 is 0. The molecule has 0 spiro atoms. The summed E-state index contributed by atoms with van der Waals surface area (Å²) in [6.45, 7) is 4.42. The third-order valence-corrected chi connectivity index (χ3v) is 6.00. The average Bonchev–Trinajstić information content (AvgIpc) is 2.48. The predicted octanol–water partition coefficient (Wildman–Crippen LogP) is 4.50. The number of hydrogen-bond acceptors (Lipinski definition) is 2. The second-order valence-corrected chi connectivity index (χ2v) is 7.55. The SMILES string of the molecule is CNC(CSC1CCCCC1)Cc1cc(C)ccc1C. The topological polar surface area (TPSA) is 12.0 Å². The Balaban J connectivity index is 1.86. The maximum Gasteiger partial charge on any atom is 0.0195 e. The largest absolute Gasteiger partial charge is 0.316 e. The van der Waals surface area contributed by atoms with Crippen LogP contribution in [-0.4, -0.2) is 24.1 Å². The van der Waals surface area contributed by atoms with Gasteiger partial charge in [-0.15, -0.1) is 0 Å². The Hall–Kier alpha value is -0.470. The maximum atomic E-state index is 3.52. The summed E-state index contributed by atoms with van der Waals surface area (Å²) in [5.74, 6) is 1.24. The van der Waals surface area contributed by atoms with Crippen molar-refractivity contribution in [1.29, 1.82) is 0 Å². The predicted molar refractivity (Wildman–Crippen MR) is 91.8 cm³/mol.